The molecule has 100 valence electrons. The Kier molecular flexibility index (Phi) is 3.84. The maximum Gasteiger partial charge on any atom is 0.0214 e. The first-order valence-electron chi connectivity index (χ1n) is 7.54. The fourth-order valence-electron chi connectivity index (χ4n) is 3.34. The highest BCUT2D eigenvalue weighted by Crippen LogP contribution is 2.28. The highest BCUT2D eigenvalue weighted by molar-refractivity contribution is 5.85. The first kappa shape index (κ1) is 12.7. The maximum absolute atomic E-state index is 3.73. The van der Waals surface area contributed by atoms with Crippen LogP contribution in [0.1, 0.15) is 38.2 Å². The van der Waals surface area contributed by atoms with Crippen molar-refractivity contribution in [2.75, 3.05) is 0 Å². The Balaban J connectivity index is 1.71. The Morgan fingerprint density at radius 3 is 2.63 bits per heavy atom. The molecule has 1 atom stereocenters. The molecule has 0 heterocycles. The van der Waals surface area contributed by atoms with Crippen LogP contribution in [0.25, 0.3) is 10.8 Å². The molecule has 1 N–H and O–H groups in total. The molecule has 0 radical (unpaired) electrons. The minimum absolute atomic E-state index is 0.640. The Hall–Kier alpha value is -1.34. The lowest BCUT2D eigenvalue weighted by atomic mass is 9.99. The zero-order valence-corrected chi connectivity index (χ0v) is 11.7. The van der Waals surface area contributed by atoms with Gasteiger partial charge in [-0.15, -0.1) is 0 Å². The third-order valence-corrected chi connectivity index (χ3v) is 4.60. The second-order valence-corrected chi connectivity index (χ2v) is 5.85. The molecular formula is C18H23N. The van der Waals surface area contributed by atoms with Gasteiger partial charge in [-0.2, -0.15) is 0 Å². The van der Waals surface area contributed by atoms with E-state index in [4.69, 9.17) is 0 Å². The van der Waals surface area contributed by atoms with Crippen LogP contribution in [-0.4, -0.2) is 6.04 Å². The fourth-order valence-corrected chi connectivity index (χ4v) is 3.34. The summed E-state index contributed by atoms with van der Waals surface area (Å²) in [6.07, 6.45) is 5.66. The predicted molar refractivity (Wildman–Crippen MR) is 82.2 cm³/mol. The number of fused-ring (bicyclic) bond motifs is 1. The smallest absolute Gasteiger partial charge is 0.0214 e. The zero-order valence-electron chi connectivity index (χ0n) is 11.7. The Morgan fingerprint density at radius 2 is 1.79 bits per heavy atom. The summed E-state index contributed by atoms with van der Waals surface area (Å²) in [5.74, 6) is 0.884. The molecule has 0 aromatic heterocycles. The van der Waals surface area contributed by atoms with Crippen molar-refractivity contribution in [3.63, 3.8) is 0 Å². The Bertz CT molecular complexity index is 535. The van der Waals surface area contributed by atoms with Crippen LogP contribution >= 0.6 is 0 Å². The van der Waals surface area contributed by atoms with Gasteiger partial charge in [-0.05, 0) is 42.0 Å². The van der Waals surface area contributed by atoms with Gasteiger partial charge < -0.3 is 5.32 Å². The van der Waals surface area contributed by atoms with Gasteiger partial charge >= 0.3 is 0 Å². The molecule has 2 aromatic rings. The van der Waals surface area contributed by atoms with Gasteiger partial charge in [0.1, 0.15) is 0 Å². The lowest BCUT2D eigenvalue weighted by Gasteiger charge is -2.21. The Morgan fingerprint density at radius 1 is 1.05 bits per heavy atom. The summed E-state index contributed by atoms with van der Waals surface area (Å²) in [6.45, 7) is 3.33. The summed E-state index contributed by atoms with van der Waals surface area (Å²) in [7, 11) is 0. The number of hydrogen-bond donors (Lipinski definition) is 1. The van der Waals surface area contributed by atoms with E-state index in [0.717, 1.165) is 12.5 Å². The van der Waals surface area contributed by atoms with Crippen molar-refractivity contribution in [3.8, 4) is 0 Å². The number of rotatable bonds is 4. The van der Waals surface area contributed by atoms with E-state index in [1.807, 2.05) is 0 Å². The molecule has 0 aliphatic heterocycles. The van der Waals surface area contributed by atoms with Gasteiger partial charge in [-0.1, -0.05) is 55.3 Å². The summed E-state index contributed by atoms with van der Waals surface area (Å²) in [5.41, 5.74) is 1.42. The van der Waals surface area contributed by atoms with Crippen molar-refractivity contribution in [2.24, 2.45) is 5.92 Å². The lowest BCUT2D eigenvalue weighted by molar-refractivity contribution is 0.381. The fraction of sp³-hybridized carbons (Fsp3) is 0.444. The summed E-state index contributed by atoms with van der Waals surface area (Å²) >= 11 is 0. The second-order valence-electron chi connectivity index (χ2n) is 5.85. The molecule has 1 saturated carbocycles. The predicted octanol–water partition coefficient (Wildman–Crippen LogP) is 4.51. The molecule has 1 aliphatic rings. The molecule has 1 nitrogen and oxygen atoms in total. The highest BCUT2D eigenvalue weighted by Gasteiger charge is 2.20. The van der Waals surface area contributed by atoms with E-state index < -0.39 is 0 Å². The third kappa shape index (κ3) is 2.82. The number of benzene rings is 2. The maximum atomic E-state index is 3.73. The molecule has 0 amide bonds. The molecule has 19 heavy (non-hydrogen) atoms. The molecule has 2 aromatic carbocycles. The van der Waals surface area contributed by atoms with E-state index in [1.165, 1.54) is 42.0 Å². The first-order chi connectivity index (χ1) is 9.34. The number of hydrogen-bond acceptors (Lipinski definition) is 1. The van der Waals surface area contributed by atoms with E-state index >= 15 is 0 Å². The van der Waals surface area contributed by atoms with Gasteiger partial charge in [0.25, 0.3) is 0 Å². The largest absolute Gasteiger partial charge is 0.310 e. The van der Waals surface area contributed by atoms with Crippen molar-refractivity contribution in [1.82, 2.24) is 5.32 Å². The third-order valence-electron chi connectivity index (χ3n) is 4.60. The van der Waals surface area contributed by atoms with E-state index in [2.05, 4.69) is 54.7 Å². The monoisotopic (exact) mass is 253 g/mol. The average molecular weight is 253 g/mol. The van der Waals surface area contributed by atoms with Crippen LogP contribution in [0.4, 0.5) is 0 Å². The zero-order chi connectivity index (χ0) is 13.1. The normalized spacial score (nSPS) is 17.9. The average Bonchev–Trinajstić information content (AvgIpc) is 2.99. The molecule has 1 heteroatoms. The van der Waals surface area contributed by atoms with Crippen LogP contribution in [-0.2, 0) is 6.54 Å². The van der Waals surface area contributed by atoms with Gasteiger partial charge in [0.2, 0.25) is 0 Å². The second kappa shape index (κ2) is 5.75. The number of nitrogens with one attached hydrogen (secondary N) is 1. The van der Waals surface area contributed by atoms with E-state index in [1.54, 1.807) is 0 Å². The van der Waals surface area contributed by atoms with Crippen LogP contribution in [0.15, 0.2) is 42.5 Å². The van der Waals surface area contributed by atoms with Crippen molar-refractivity contribution < 1.29 is 0 Å². The van der Waals surface area contributed by atoms with Gasteiger partial charge in [-0.25, -0.2) is 0 Å². The van der Waals surface area contributed by atoms with Crippen LogP contribution in [0.2, 0.25) is 0 Å². The van der Waals surface area contributed by atoms with E-state index in [-0.39, 0.29) is 0 Å². The lowest BCUT2D eigenvalue weighted by Crippen LogP contribution is -2.31. The first-order valence-corrected chi connectivity index (χ1v) is 7.54. The minimum atomic E-state index is 0.640. The molecule has 1 aliphatic carbocycles. The summed E-state index contributed by atoms with van der Waals surface area (Å²) in [5, 5.41) is 6.46. The van der Waals surface area contributed by atoms with Crippen LogP contribution < -0.4 is 5.32 Å². The molecule has 0 bridgehead atoms. The van der Waals surface area contributed by atoms with Gasteiger partial charge in [0.15, 0.2) is 0 Å². The minimum Gasteiger partial charge on any atom is -0.310 e. The van der Waals surface area contributed by atoms with Gasteiger partial charge in [0.05, 0.1) is 0 Å². The van der Waals surface area contributed by atoms with E-state index in [0.29, 0.717) is 6.04 Å². The molecule has 3 rings (SSSR count). The standard InChI is InChI=1S/C18H23N/c1-14(15-7-2-3-8-15)19-13-17-11-6-10-16-9-4-5-12-18(16)17/h4-6,9-12,14-15,19H,2-3,7-8,13H2,1H3/t14-/m0/s1. The summed E-state index contributed by atoms with van der Waals surface area (Å²) < 4.78 is 0. The topological polar surface area (TPSA) is 12.0 Å². The van der Waals surface area contributed by atoms with Gasteiger partial charge in [0, 0.05) is 12.6 Å². The van der Waals surface area contributed by atoms with Crippen LogP contribution in [0, 0.1) is 5.92 Å². The highest BCUT2D eigenvalue weighted by atomic mass is 14.9. The van der Waals surface area contributed by atoms with Gasteiger partial charge in [-0.3, -0.25) is 0 Å². The molecule has 1 fully saturated rings. The van der Waals surface area contributed by atoms with Crippen molar-refractivity contribution in [3.05, 3.63) is 48.0 Å². The van der Waals surface area contributed by atoms with Crippen LogP contribution in [0.5, 0.6) is 0 Å². The van der Waals surface area contributed by atoms with Crippen LogP contribution in [0.3, 0.4) is 0 Å². The molecule has 0 spiro atoms. The molecule has 0 saturated heterocycles. The summed E-state index contributed by atoms with van der Waals surface area (Å²) in [6, 6.07) is 15.9. The molecular weight excluding hydrogens is 230 g/mol. The Labute approximate surface area is 116 Å². The SMILES string of the molecule is C[C@H](NCc1cccc2ccccc12)C1CCCC1. The van der Waals surface area contributed by atoms with Crippen molar-refractivity contribution in [1.29, 1.82) is 0 Å². The van der Waals surface area contributed by atoms with E-state index in [9.17, 15) is 0 Å². The quantitative estimate of drug-likeness (QED) is 0.845. The molecule has 0 unspecified atom stereocenters. The van der Waals surface area contributed by atoms with Crippen molar-refractivity contribution in [2.45, 2.75) is 45.2 Å². The van der Waals surface area contributed by atoms with Crippen molar-refractivity contribution >= 4 is 10.8 Å². The summed E-state index contributed by atoms with van der Waals surface area (Å²) in [4.78, 5) is 0.